The van der Waals surface area contributed by atoms with E-state index in [1.54, 1.807) is 11.6 Å². The van der Waals surface area contributed by atoms with Gasteiger partial charge in [0.2, 0.25) is 0 Å². The number of thiazole rings is 1. The number of amides is 1. The van der Waals surface area contributed by atoms with Crippen molar-refractivity contribution in [3.8, 4) is 0 Å². The Morgan fingerprint density at radius 3 is 2.67 bits per heavy atom. The second-order valence-corrected chi connectivity index (χ2v) is 5.42. The first kappa shape index (κ1) is 15.2. The van der Waals surface area contributed by atoms with Gasteiger partial charge in [-0.1, -0.05) is 0 Å². The van der Waals surface area contributed by atoms with E-state index in [0.29, 0.717) is 22.8 Å². The second-order valence-electron chi connectivity index (χ2n) is 4.48. The van der Waals surface area contributed by atoms with Gasteiger partial charge in [-0.2, -0.15) is 5.10 Å². The number of carboxylic acids is 1. The Hall–Kier alpha value is -2.22. The van der Waals surface area contributed by atoms with Gasteiger partial charge >= 0.3 is 5.97 Å². The van der Waals surface area contributed by atoms with Gasteiger partial charge < -0.3 is 10.4 Å². The molecule has 0 spiro atoms. The van der Waals surface area contributed by atoms with E-state index < -0.39 is 5.97 Å². The zero-order valence-electron chi connectivity index (χ0n) is 12.0. The van der Waals surface area contributed by atoms with Crippen LogP contribution in [0.25, 0.3) is 0 Å². The lowest BCUT2D eigenvalue weighted by atomic mass is 10.2. The molecule has 0 fully saturated rings. The average molecular weight is 308 g/mol. The minimum Gasteiger partial charge on any atom is -0.476 e. The summed E-state index contributed by atoms with van der Waals surface area (Å²) in [4.78, 5) is 26.9. The number of aromatic carboxylic acids is 1. The Morgan fingerprint density at radius 2 is 2.14 bits per heavy atom. The van der Waals surface area contributed by atoms with E-state index in [0.717, 1.165) is 5.69 Å². The molecule has 0 unspecified atom stereocenters. The van der Waals surface area contributed by atoms with Gasteiger partial charge in [0.1, 0.15) is 5.01 Å². The Morgan fingerprint density at radius 1 is 1.43 bits per heavy atom. The van der Waals surface area contributed by atoms with Crippen LogP contribution in [0, 0.1) is 13.8 Å². The highest BCUT2D eigenvalue weighted by atomic mass is 32.1. The smallest absolute Gasteiger partial charge is 0.355 e. The van der Waals surface area contributed by atoms with Crippen molar-refractivity contribution in [2.45, 2.75) is 33.9 Å². The van der Waals surface area contributed by atoms with Crippen molar-refractivity contribution in [1.82, 2.24) is 20.1 Å². The third-order valence-corrected chi connectivity index (χ3v) is 3.93. The minimum absolute atomic E-state index is 0.00425. The second kappa shape index (κ2) is 6.04. The maximum Gasteiger partial charge on any atom is 0.355 e. The molecule has 0 bridgehead atoms. The van der Waals surface area contributed by atoms with Gasteiger partial charge in [0, 0.05) is 17.6 Å². The van der Waals surface area contributed by atoms with Crippen LogP contribution in [-0.2, 0) is 13.1 Å². The Kier molecular flexibility index (Phi) is 4.37. The number of aromatic nitrogens is 3. The summed E-state index contributed by atoms with van der Waals surface area (Å²) in [6, 6.07) is 0. The third-order valence-electron chi connectivity index (χ3n) is 3.08. The first-order chi connectivity index (χ1) is 9.93. The molecule has 112 valence electrons. The highest BCUT2D eigenvalue weighted by molar-refractivity contribution is 7.09. The molecule has 7 nitrogen and oxygen atoms in total. The van der Waals surface area contributed by atoms with Crippen LogP contribution in [-0.4, -0.2) is 31.7 Å². The van der Waals surface area contributed by atoms with Crippen LogP contribution in [0.15, 0.2) is 5.38 Å². The summed E-state index contributed by atoms with van der Waals surface area (Å²) in [5.74, 6) is -1.29. The van der Waals surface area contributed by atoms with Gasteiger partial charge in [0.15, 0.2) is 5.69 Å². The maximum absolute atomic E-state index is 12.2. The van der Waals surface area contributed by atoms with E-state index in [1.165, 1.54) is 16.7 Å². The number of hydrogen-bond donors (Lipinski definition) is 2. The molecule has 21 heavy (non-hydrogen) atoms. The molecule has 2 N–H and O–H groups in total. The fourth-order valence-corrected chi connectivity index (χ4v) is 2.78. The molecule has 2 rings (SSSR count). The summed E-state index contributed by atoms with van der Waals surface area (Å²) in [7, 11) is 0. The molecular formula is C13H16N4O3S. The predicted molar refractivity (Wildman–Crippen MR) is 77.6 cm³/mol. The van der Waals surface area contributed by atoms with Crippen molar-refractivity contribution < 1.29 is 14.7 Å². The van der Waals surface area contributed by atoms with Crippen molar-refractivity contribution in [3.63, 3.8) is 0 Å². The first-order valence-corrected chi connectivity index (χ1v) is 7.31. The molecule has 1 amide bonds. The molecule has 2 aromatic rings. The summed E-state index contributed by atoms with van der Waals surface area (Å²) in [6.45, 7) is 6.51. The number of carboxylic acid groups (broad SMARTS) is 1. The van der Waals surface area contributed by atoms with E-state index in [1.807, 2.05) is 13.8 Å². The van der Waals surface area contributed by atoms with Gasteiger partial charge in [0.25, 0.3) is 5.91 Å². The van der Waals surface area contributed by atoms with Crippen LogP contribution in [0.3, 0.4) is 0 Å². The van der Waals surface area contributed by atoms with E-state index in [4.69, 9.17) is 5.11 Å². The van der Waals surface area contributed by atoms with E-state index in [9.17, 15) is 9.59 Å². The SMILES string of the molecule is CCn1nc(C)c(C(=O)NCc2nc(C(=O)O)cs2)c1C. The molecular weight excluding hydrogens is 292 g/mol. The Labute approximate surface area is 125 Å². The number of nitrogens with one attached hydrogen (secondary N) is 1. The molecule has 2 heterocycles. The number of carbonyl (C=O) groups excluding carboxylic acids is 1. The zero-order chi connectivity index (χ0) is 15.6. The van der Waals surface area contributed by atoms with Crippen molar-refractivity contribution in [2.75, 3.05) is 0 Å². The lowest BCUT2D eigenvalue weighted by Crippen LogP contribution is -2.24. The van der Waals surface area contributed by atoms with Crippen LogP contribution >= 0.6 is 11.3 Å². The largest absolute Gasteiger partial charge is 0.476 e. The number of hydrogen-bond acceptors (Lipinski definition) is 5. The third kappa shape index (κ3) is 3.10. The maximum atomic E-state index is 12.2. The summed E-state index contributed by atoms with van der Waals surface area (Å²) in [6.07, 6.45) is 0. The molecule has 0 saturated heterocycles. The molecule has 0 aliphatic heterocycles. The number of carbonyl (C=O) groups is 2. The summed E-state index contributed by atoms with van der Waals surface area (Å²) < 4.78 is 1.77. The van der Waals surface area contributed by atoms with E-state index >= 15 is 0 Å². The molecule has 0 saturated carbocycles. The topological polar surface area (TPSA) is 97.1 Å². The molecule has 0 radical (unpaired) electrons. The number of aryl methyl sites for hydroxylation is 2. The average Bonchev–Trinajstić information content (AvgIpc) is 3.01. The quantitative estimate of drug-likeness (QED) is 0.874. The van der Waals surface area contributed by atoms with Crippen molar-refractivity contribution >= 4 is 23.2 Å². The number of rotatable bonds is 5. The van der Waals surface area contributed by atoms with Crippen molar-refractivity contribution in [3.05, 3.63) is 33.0 Å². The Balaban J connectivity index is 2.08. The van der Waals surface area contributed by atoms with Crippen molar-refractivity contribution in [2.24, 2.45) is 0 Å². The van der Waals surface area contributed by atoms with Crippen LogP contribution in [0.2, 0.25) is 0 Å². The van der Waals surface area contributed by atoms with E-state index in [-0.39, 0.29) is 18.1 Å². The fourth-order valence-electron chi connectivity index (χ4n) is 2.07. The fraction of sp³-hybridized carbons (Fsp3) is 0.385. The molecule has 0 aliphatic carbocycles. The minimum atomic E-state index is -1.07. The Bertz CT molecular complexity index is 690. The van der Waals surface area contributed by atoms with Gasteiger partial charge in [-0.25, -0.2) is 9.78 Å². The first-order valence-electron chi connectivity index (χ1n) is 6.44. The number of nitrogens with zero attached hydrogens (tertiary/aromatic N) is 3. The summed E-state index contributed by atoms with van der Waals surface area (Å²) in [5.41, 5.74) is 2.05. The van der Waals surface area contributed by atoms with Crippen LogP contribution < -0.4 is 5.32 Å². The van der Waals surface area contributed by atoms with Crippen molar-refractivity contribution in [1.29, 1.82) is 0 Å². The molecule has 0 aliphatic rings. The van der Waals surface area contributed by atoms with Gasteiger partial charge in [0.05, 0.1) is 17.8 Å². The zero-order valence-corrected chi connectivity index (χ0v) is 12.8. The monoisotopic (exact) mass is 308 g/mol. The van der Waals surface area contributed by atoms with Crippen LogP contribution in [0.5, 0.6) is 0 Å². The van der Waals surface area contributed by atoms with E-state index in [2.05, 4.69) is 15.4 Å². The summed E-state index contributed by atoms with van der Waals surface area (Å²) in [5, 5.41) is 17.9. The van der Waals surface area contributed by atoms with Gasteiger partial charge in [-0.3, -0.25) is 9.48 Å². The van der Waals surface area contributed by atoms with Crippen LogP contribution in [0.1, 0.15) is 44.2 Å². The highest BCUT2D eigenvalue weighted by Gasteiger charge is 2.18. The standard InChI is InChI=1S/C13H16N4O3S/c1-4-17-8(3)11(7(2)16-17)12(18)14-5-10-15-9(6-21-10)13(19)20/h6H,4-5H2,1-3H3,(H,14,18)(H,19,20). The van der Waals surface area contributed by atoms with Crippen LogP contribution in [0.4, 0.5) is 0 Å². The van der Waals surface area contributed by atoms with Gasteiger partial charge in [-0.15, -0.1) is 11.3 Å². The van der Waals surface area contributed by atoms with Gasteiger partial charge in [-0.05, 0) is 20.8 Å². The normalized spacial score (nSPS) is 10.6. The summed E-state index contributed by atoms with van der Waals surface area (Å²) >= 11 is 1.21. The molecule has 0 atom stereocenters. The lowest BCUT2D eigenvalue weighted by molar-refractivity contribution is 0.0691. The molecule has 8 heteroatoms. The molecule has 0 aromatic carbocycles. The lowest BCUT2D eigenvalue weighted by Gasteiger charge is -2.04. The predicted octanol–water partition coefficient (Wildman–Crippen LogP) is 1.60. The molecule has 2 aromatic heterocycles. The highest BCUT2D eigenvalue weighted by Crippen LogP contribution is 2.14.